The van der Waals surface area contributed by atoms with Gasteiger partial charge in [0.15, 0.2) is 5.82 Å². The van der Waals surface area contributed by atoms with E-state index >= 15 is 0 Å². The van der Waals surface area contributed by atoms with Crippen LogP contribution in [0.3, 0.4) is 0 Å². The topological polar surface area (TPSA) is 146 Å². The molecule has 0 bridgehead atoms. The van der Waals surface area contributed by atoms with E-state index < -0.39 is 5.97 Å². The molecule has 5 heterocycles. The summed E-state index contributed by atoms with van der Waals surface area (Å²) in [4.78, 5) is 43.7. The molecule has 3 aliphatic rings. The number of nitrogens with zero attached hydrogens (tertiary/aromatic N) is 6. The number of pyridine rings is 2. The number of β-amino-alcohol motifs (C(OH)–C–C–N with tert-alkyl or cyclic N) is 1. The minimum Gasteiger partial charge on any atom is -0.481 e. The van der Waals surface area contributed by atoms with Crippen molar-refractivity contribution in [2.75, 3.05) is 38.6 Å². The van der Waals surface area contributed by atoms with Gasteiger partial charge in [-0.2, -0.15) is 0 Å². The third-order valence-corrected chi connectivity index (χ3v) is 11.5. The molecule has 1 aliphatic carbocycles. The van der Waals surface area contributed by atoms with Crippen molar-refractivity contribution in [3.63, 3.8) is 0 Å². The summed E-state index contributed by atoms with van der Waals surface area (Å²) in [5.74, 6) is -0.0146. The highest BCUT2D eigenvalue weighted by atomic mass is 35.5. The van der Waals surface area contributed by atoms with Crippen LogP contribution in [0.5, 0.6) is 5.88 Å². The number of aliphatic hydroxyl groups excluding tert-OH is 1. The Kier molecular flexibility index (Phi) is 10.8. The number of imidazole rings is 1. The quantitative estimate of drug-likeness (QED) is 0.179. The van der Waals surface area contributed by atoms with Gasteiger partial charge in [0.05, 0.1) is 51.9 Å². The van der Waals surface area contributed by atoms with Crippen LogP contribution >= 0.6 is 23.2 Å². The lowest BCUT2D eigenvalue weighted by molar-refractivity contribution is -0.143. The van der Waals surface area contributed by atoms with Crippen molar-refractivity contribution in [2.45, 2.75) is 57.7 Å². The molecule has 1 atom stereocenters. The van der Waals surface area contributed by atoms with Crippen LogP contribution in [0.25, 0.3) is 22.5 Å². The van der Waals surface area contributed by atoms with Crippen molar-refractivity contribution in [3.05, 3.63) is 75.4 Å². The number of aromatic nitrogens is 4. The van der Waals surface area contributed by atoms with E-state index in [1.165, 1.54) is 0 Å². The van der Waals surface area contributed by atoms with Crippen molar-refractivity contribution in [2.24, 2.45) is 18.9 Å². The molecule has 2 aliphatic heterocycles. The standard InChI is InChI=1S/C38H43Cl2N7O5/c1-45-31-14-17-46(18-22-6-8-23(9-7-22)38(50)51)21-30(31)42-35(45)36(49)43-29-5-3-4-27(32(29)39)34-33(40)26(12-15-41-34)28-11-10-24(37(44-28)52-2)19-47-16-13-25(48)20-47/h3-5,10-12,15,22-23,25,48H,6-9,13-14,16-21H2,1-2H3,(H,43,49)(H,50,51)/t22-,23+,25-/m1/s1. The van der Waals surface area contributed by atoms with Gasteiger partial charge in [-0.15, -0.1) is 0 Å². The molecular weight excluding hydrogens is 705 g/mol. The monoisotopic (exact) mass is 747 g/mol. The third-order valence-electron chi connectivity index (χ3n) is 10.7. The Balaban J connectivity index is 1.06. The van der Waals surface area contributed by atoms with Gasteiger partial charge in [-0.05, 0) is 56.2 Å². The van der Waals surface area contributed by atoms with Crippen molar-refractivity contribution in [1.82, 2.24) is 29.3 Å². The van der Waals surface area contributed by atoms with Gasteiger partial charge in [0, 0.05) is 81.3 Å². The van der Waals surface area contributed by atoms with Crippen LogP contribution in [0.2, 0.25) is 10.0 Å². The van der Waals surface area contributed by atoms with Crippen LogP contribution < -0.4 is 10.1 Å². The first-order valence-electron chi connectivity index (χ1n) is 17.8. The van der Waals surface area contributed by atoms with Crippen LogP contribution in [-0.2, 0) is 31.4 Å². The van der Waals surface area contributed by atoms with Gasteiger partial charge in [0.1, 0.15) is 0 Å². The number of hydrogen-bond acceptors (Lipinski definition) is 9. The van der Waals surface area contributed by atoms with Crippen molar-refractivity contribution >= 4 is 40.8 Å². The lowest BCUT2D eigenvalue weighted by Gasteiger charge is -2.33. The van der Waals surface area contributed by atoms with Crippen LogP contribution in [0, 0.1) is 11.8 Å². The zero-order chi connectivity index (χ0) is 36.5. The fraction of sp³-hybridized carbons (Fsp3) is 0.447. The number of rotatable bonds is 10. The number of fused-ring (bicyclic) bond motifs is 1. The molecule has 14 heteroatoms. The fourth-order valence-corrected chi connectivity index (χ4v) is 8.40. The summed E-state index contributed by atoms with van der Waals surface area (Å²) in [5, 5.41) is 22.9. The Morgan fingerprint density at radius 2 is 1.79 bits per heavy atom. The minimum atomic E-state index is -0.684. The molecule has 0 unspecified atom stereocenters. The molecule has 1 aromatic carbocycles. The van der Waals surface area contributed by atoms with Gasteiger partial charge in [-0.1, -0.05) is 41.4 Å². The third kappa shape index (κ3) is 7.53. The van der Waals surface area contributed by atoms with Gasteiger partial charge in [0.2, 0.25) is 5.88 Å². The summed E-state index contributed by atoms with van der Waals surface area (Å²) >= 11 is 13.9. The lowest BCUT2D eigenvalue weighted by atomic mass is 9.81. The number of benzene rings is 1. The first-order chi connectivity index (χ1) is 25.1. The number of carboxylic acid groups (broad SMARTS) is 1. The Morgan fingerprint density at radius 3 is 2.52 bits per heavy atom. The number of likely N-dealkylation sites (tertiary alicyclic amines) is 1. The number of carboxylic acids is 1. The number of methoxy groups -OCH3 is 1. The van der Waals surface area contributed by atoms with E-state index in [2.05, 4.69) is 20.1 Å². The number of ether oxygens (including phenoxy) is 1. The summed E-state index contributed by atoms with van der Waals surface area (Å²) in [6.07, 6.45) is 6.18. The molecule has 3 N–H and O–H groups in total. The highest BCUT2D eigenvalue weighted by molar-refractivity contribution is 6.39. The Bertz CT molecular complexity index is 1980. The maximum Gasteiger partial charge on any atom is 0.306 e. The molecule has 4 aromatic rings. The summed E-state index contributed by atoms with van der Waals surface area (Å²) in [7, 11) is 3.45. The number of anilines is 1. The Labute approximate surface area is 312 Å². The van der Waals surface area contributed by atoms with E-state index in [9.17, 15) is 19.8 Å². The zero-order valence-corrected chi connectivity index (χ0v) is 30.8. The molecule has 0 spiro atoms. The number of carbonyl (C=O) groups excluding carboxylic acids is 1. The molecule has 52 heavy (non-hydrogen) atoms. The SMILES string of the molecule is COc1nc(-c2ccnc(-c3cccc(NC(=O)c4nc5c(n4C)CCN(C[C@H]4CC[C@@H](C(=O)O)CC4)C5)c3Cl)c2Cl)ccc1CN1CC[C@@H](O)C1. The highest BCUT2D eigenvalue weighted by Crippen LogP contribution is 2.40. The Hall–Kier alpha value is -4.07. The van der Waals surface area contributed by atoms with Gasteiger partial charge < -0.3 is 24.8 Å². The first kappa shape index (κ1) is 36.3. The van der Waals surface area contributed by atoms with E-state index in [0.717, 1.165) is 75.1 Å². The molecule has 1 amide bonds. The lowest BCUT2D eigenvalue weighted by Crippen LogP contribution is -2.36. The van der Waals surface area contributed by atoms with Gasteiger partial charge >= 0.3 is 5.97 Å². The predicted octanol–water partition coefficient (Wildman–Crippen LogP) is 5.93. The van der Waals surface area contributed by atoms with Gasteiger partial charge in [-0.3, -0.25) is 24.4 Å². The number of hydrogen-bond donors (Lipinski definition) is 3. The van der Waals surface area contributed by atoms with E-state index in [0.29, 0.717) is 75.5 Å². The molecule has 12 nitrogen and oxygen atoms in total. The molecular formula is C38H43Cl2N7O5. The van der Waals surface area contributed by atoms with Crippen LogP contribution in [-0.4, -0.2) is 90.8 Å². The zero-order valence-electron chi connectivity index (χ0n) is 29.3. The summed E-state index contributed by atoms with van der Waals surface area (Å²) in [6.45, 7) is 4.47. The van der Waals surface area contributed by atoms with Crippen LogP contribution in [0.15, 0.2) is 42.6 Å². The number of carbonyl (C=O) groups is 2. The smallest absolute Gasteiger partial charge is 0.306 e. The fourth-order valence-electron chi connectivity index (χ4n) is 7.83. The largest absolute Gasteiger partial charge is 0.481 e. The Morgan fingerprint density at radius 1 is 0.981 bits per heavy atom. The van der Waals surface area contributed by atoms with Crippen molar-refractivity contribution in [3.8, 4) is 28.4 Å². The predicted molar refractivity (Wildman–Crippen MR) is 199 cm³/mol. The average Bonchev–Trinajstić information content (AvgIpc) is 3.71. The number of halogens is 2. The van der Waals surface area contributed by atoms with Gasteiger partial charge in [-0.25, -0.2) is 9.97 Å². The molecule has 3 aromatic heterocycles. The molecule has 7 rings (SSSR count). The normalized spacial score (nSPS) is 20.8. The number of aliphatic hydroxyl groups is 1. The molecule has 0 radical (unpaired) electrons. The van der Waals surface area contributed by atoms with Crippen LogP contribution in [0.4, 0.5) is 5.69 Å². The second-order valence-electron chi connectivity index (χ2n) is 14.1. The number of nitrogens with one attached hydrogen (secondary N) is 1. The summed E-state index contributed by atoms with van der Waals surface area (Å²) in [6, 6.07) is 11.0. The average molecular weight is 749 g/mol. The number of amides is 1. The second-order valence-corrected chi connectivity index (χ2v) is 14.9. The second kappa shape index (κ2) is 15.5. The maximum absolute atomic E-state index is 13.7. The highest BCUT2D eigenvalue weighted by Gasteiger charge is 2.31. The summed E-state index contributed by atoms with van der Waals surface area (Å²) in [5.41, 5.74) is 5.51. The van der Waals surface area contributed by atoms with E-state index in [1.807, 2.05) is 23.7 Å². The van der Waals surface area contributed by atoms with Crippen molar-refractivity contribution in [1.29, 1.82) is 0 Å². The van der Waals surface area contributed by atoms with E-state index in [4.69, 9.17) is 37.9 Å². The first-order valence-corrected chi connectivity index (χ1v) is 18.5. The maximum atomic E-state index is 13.7. The van der Waals surface area contributed by atoms with Crippen LogP contribution in [0.1, 0.15) is 59.7 Å². The van der Waals surface area contributed by atoms with Gasteiger partial charge in [0.25, 0.3) is 5.91 Å². The van der Waals surface area contributed by atoms with E-state index in [1.54, 1.807) is 37.6 Å². The molecule has 2 fully saturated rings. The molecule has 1 saturated carbocycles. The minimum absolute atomic E-state index is 0.221. The summed E-state index contributed by atoms with van der Waals surface area (Å²) < 4.78 is 7.50. The van der Waals surface area contributed by atoms with E-state index in [-0.39, 0.29) is 17.9 Å². The molecule has 1 saturated heterocycles. The van der Waals surface area contributed by atoms with Crippen molar-refractivity contribution < 1.29 is 24.5 Å². The number of aliphatic carboxylic acids is 1. The molecule has 274 valence electrons.